The summed E-state index contributed by atoms with van der Waals surface area (Å²) >= 11 is 0. The molecule has 0 aromatic heterocycles. The van der Waals surface area contributed by atoms with Gasteiger partial charge in [-0.3, -0.25) is 14.9 Å². The van der Waals surface area contributed by atoms with Crippen LogP contribution in [0.4, 0.5) is 11.4 Å². The van der Waals surface area contributed by atoms with E-state index >= 15 is 0 Å². The van der Waals surface area contributed by atoms with Crippen LogP contribution in [-0.2, 0) is 4.79 Å². The highest BCUT2D eigenvalue weighted by molar-refractivity contribution is 6.03. The van der Waals surface area contributed by atoms with Crippen LogP contribution in [0, 0.1) is 10.1 Å². The van der Waals surface area contributed by atoms with Gasteiger partial charge in [0.1, 0.15) is 0 Å². The lowest BCUT2D eigenvalue weighted by molar-refractivity contribution is -0.385. The predicted molar refractivity (Wildman–Crippen MR) is 105 cm³/mol. The molecule has 1 N–H and O–H groups in total. The van der Waals surface area contributed by atoms with Gasteiger partial charge in [-0.05, 0) is 35.1 Å². The lowest BCUT2D eigenvalue weighted by Gasteiger charge is -2.19. The molecule has 5 heteroatoms. The monoisotopic (exact) mass is 352 g/mol. The third-order valence-corrected chi connectivity index (χ3v) is 4.17. The molecular formula is C21H24N2O3. The van der Waals surface area contributed by atoms with E-state index in [0.717, 1.165) is 16.8 Å². The summed E-state index contributed by atoms with van der Waals surface area (Å²) in [6, 6.07) is 12.4. The van der Waals surface area contributed by atoms with E-state index in [9.17, 15) is 14.9 Å². The Morgan fingerprint density at radius 1 is 1.00 bits per heavy atom. The van der Waals surface area contributed by atoms with Gasteiger partial charge in [-0.25, -0.2) is 0 Å². The molecule has 0 fully saturated rings. The lowest BCUT2D eigenvalue weighted by atomic mass is 9.92. The average Bonchev–Trinajstić information content (AvgIpc) is 2.59. The predicted octanol–water partition coefficient (Wildman–Crippen LogP) is 5.49. The molecule has 0 atom stereocenters. The van der Waals surface area contributed by atoms with Crippen molar-refractivity contribution in [1.29, 1.82) is 0 Å². The number of hydrogen-bond donors (Lipinski definition) is 1. The third-order valence-electron chi connectivity index (χ3n) is 4.17. The van der Waals surface area contributed by atoms with Crippen LogP contribution in [0.2, 0.25) is 0 Å². The van der Waals surface area contributed by atoms with Gasteiger partial charge in [-0.15, -0.1) is 0 Å². The maximum atomic E-state index is 12.4. The zero-order valence-electron chi connectivity index (χ0n) is 15.5. The smallest absolute Gasteiger partial charge is 0.276 e. The summed E-state index contributed by atoms with van der Waals surface area (Å²) in [6.45, 7) is 8.33. The van der Waals surface area contributed by atoms with Gasteiger partial charge in [0.15, 0.2) is 0 Å². The summed E-state index contributed by atoms with van der Waals surface area (Å²) in [4.78, 5) is 23.1. The summed E-state index contributed by atoms with van der Waals surface area (Å²) in [6.07, 6.45) is 2.81. The summed E-state index contributed by atoms with van der Waals surface area (Å²) in [5, 5.41) is 14.0. The molecule has 0 aliphatic rings. The molecule has 0 spiro atoms. The SMILES string of the molecule is CC(C)c1cccc(C(C)C)c1NC(=O)/C=C/c1ccccc1[N+](=O)[O-]. The number of anilines is 1. The number of carbonyl (C=O) groups is 1. The van der Waals surface area contributed by atoms with Crippen LogP contribution in [0.25, 0.3) is 6.08 Å². The largest absolute Gasteiger partial charge is 0.322 e. The standard InChI is InChI=1S/C21H24N2O3/c1-14(2)17-9-7-10-18(15(3)4)21(17)22-20(24)13-12-16-8-5-6-11-19(16)23(25)26/h5-15H,1-4H3,(H,22,24)/b13-12+. The highest BCUT2D eigenvalue weighted by Gasteiger charge is 2.15. The zero-order chi connectivity index (χ0) is 19.3. The van der Waals surface area contributed by atoms with E-state index in [2.05, 4.69) is 33.0 Å². The molecule has 136 valence electrons. The number of nitrogens with zero attached hydrogens (tertiary/aromatic N) is 1. The van der Waals surface area contributed by atoms with E-state index in [1.54, 1.807) is 18.2 Å². The van der Waals surface area contributed by atoms with Gasteiger partial charge in [0.05, 0.1) is 10.5 Å². The first-order chi connectivity index (χ1) is 12.3. The molecule has 0 saturated carbocycles. The third kappa shape index (κ3) is 4.57. The van der Waals surface area contributed by atoms with Gasteiger partial charge in [0.2, 0.25) is 5.91 Å². The van der Waals surface area contributed by atoms with Crippen molar-refractivity contribution in [3.63, 3.8) is 0 Å². The van der Waals surface area contributed by atoms with Crippen LogP contribution in [0.5, 0.6) is 0 Å². The number of hydrogen-bond acceptors (Lipinski definition) is 3. The number of rotatable bonds is 6. The quantitative estimate of drug-likeness (QED) is 0.424. The van der Waals surface area contributed by atoms with Crippen molar-refractivity contribution in [1.82, 2.24) is 0 Å². The molecule has 26 heavy (non-hydrogen) atoms. The fourth-order valence-electron chi connectivity index (χ4n) is 2.82. The van der Waals surface area contributed by atoms with E-state index < -0.39 is 4.92 Å². The highest BCUT2D eigenvalue weighted by atomic mass is 16.6. The minimum absolute atomic E-state index is 0.0259. The van der Waals surface area contributed by atoms with Crippen LogP contribution >= 0.6 is 0 Å². The van der Waals surface area contributed by atoms with Crippen molar-refractivity contribution in [2.24, 2.45) is 0 Å². The number of carbonyl (C=O) groups excluding carboxylic acids is 1. The molecule has 0 unspecified atom stereocenters. The molecule has 2 rings (SSSR count). The Morgan fingerprint density at radius 2 is 1.58 bits per heavy atom. The van der Waals surface area contributed by atoms with Crippen molar-refractivity contribution >= 4 is 23.4 Å². The maximum absolute atomic E-state index is 12.4. The van der Waals surface area contributed by atoms with Gasteiger partial charge in [-0.1, -0.05) is 58.0 Å². The van der Waals surface area contributed by atoms with Gasteiger partial charge in [0.25, 0.3) is 5.69 Å². The minimum Gasteiger partial charge on any atom is -0.322 e. The summed E-state index contributed by atoms with van der Waals surface area (Å²) in [5.41, 5.74) is 3.35. The number of para-hydroxylation sites is 2. The van der Waals surface area contributed by atoms with Crippen LogP contribution in [-0.4, -0.2) is 10.8 Å². The molecule has 0 radical (unpaired) electrons. The van der Waals surface area contributed by atoms with Crippen molar-refractivity contribution < 1.29 is 9.72 Å². The van der Waals surface area contributed by atoms with Crippen LogP contribution in [0.1, 0.15) is 56.2 Å². The fourth-order valence-corrected chi connectivity index (χ4v) is 2.82. The molecule has 0 saturated heterocycles. The molecule has 2 aromatic rings. The Bertz CT molecular complexity index is 813. The Morgan fingerprint density at radius 3 is 2.12 bits per heavy atom. The first-order valence-corrected chi connectivity index (χ1v) is 8.66. The molecule has 1 amide bonds. The first kappa shape index (κ1) is 19.4. The normalized spacial score (nSPS) is 11.3. The van der Waals surface area contributed by atoms with Gasteiger partial charge >= 0.3 is 0 Å². The Balaban J connectivity index is 2.30. The van der Waals surface area contributed by atoms with Gasteiger partial charge in [0, 0.05) is 17.8 Å². The average molecular weight is 352 g/mol. The molecule has 0 aliphatic heterocycles. The highest BCUT2D eigenvalue weighted by Crippen LogP contribution is 2.32. The van der Waals surface area contributed by atoms with E-state index in [1.807, 2.05) is 18.2 Å². The first-order valence-electron chi connectivity index (χ1n) is 8.66. The Labute approximate surface area is 153 Å². The number of nitro groups is 1. The van der Waals surface area contributed by atoms with Crippen LogP contribution in [0.3, 0.4) is 0 Å². The molecule has 5 nitrogen and oxygen atoms in total. The zero-order valence-corrected chi connectivity index (χ0v) is 15.5. The van der Waals surface area contributed by atoms with E-state index in [-0.39, 0.29) is 23.4 Å². The second-order valence-electron chi connectivity index (χ2n) is 6.76. The van der Waals surface area contributed by atoms with Crippen molar-refractivity contribution in [3.05, 3.63) is 75.3 Å². The van der Waals surface area contributed by atoms with E-state index in [0.29, 0.717) is 5.56 Å². The fraction of sp³-hybridized carbons (Fsp3) is 0.286. The molecule has 0 bridgehead atoms. The van der Waals surface area contributed by atoms with Crippen molar-refractivity contribution in [3.8, 4) is 0 Å². The number of nitrogens with one attached hydrogen (secondary N) is 1. The van der Waals surface area contributed by atoms with E-state index in [1.165, 1.54) is 18.2 Å². The second-order valence-corrected chi connectivity index (χ2v) is 6.76. The Kier molecular flexibility index (Phi) is 6.28. The maximum Gasteiger partial charge on any atom is 0.276 e. The molecule has 0 heterocycles. The van der Waals surface area contributed by atoms with Gasteiger partial charge < -0.3 is 5.32 Å². The molecule has 2 aromatic carbocycles. The van der Waals surface area contributed by atoms with Gasteiger partial charge in [-0.2, -0.15) is 0 Å². The van der Waals surface area contributed by atoms with Crippen molar-refractivity contribution in [2.45, 2.75) is 39.5 Å². The molecule has 0 aliphatic carbocycles. The lowest BCUT2D eigenvalue weighted by Crippen LogP contribution is -2.13. The van der Waals surface area contributed by atoms with Crippen LogP contribution < -0.4 is 5.32 Å². The summed E-state index contributed by atoms with van der Waals surface area (Å²) < 4.78 is 0. The minimum atomic E-state index is -0.456. The number of amides is 1. The summed E-state index contributed by atoms with van der Waals surface area (Å²) in [7, 11) is 0. The number of benzene rings is 2. The van der Waals surface area contributed by atoms with E-state index in [4.69, 9.17) is 0 Å². The summed E-state index contributed by atoms with van der Waals surface area (Å²) in [5.74, 6) is 0.226. The Hall–Kier alpha value is -2.95. The van der Waals surface area contributed by atoms with Crippen LogP contribution in [0.15, 0.2) is 48.5 Å². The van der Waals surface area contributed by atoms with Crippen molar-refractivity contribution in [2.75, 3.05) is 5.32 Å². The molecular weight excluding hydrogens is 328 g/mol. The topological polar surface area (TPSA) is 72.2 Å². The second kappa shape index (κ2) is 8.43. The number of nitro benzene ring substituents is 1.